The Morgan fingerprint density at radius 3 is 2.67 bits per heavy atom. The van der Waals surface area contributed by atoms with Gasteiger partial charge in [0, 0.05) is 24.8 Å². The average molecular weight is 285 g/mol. The van der Waals surface area contributed by atoms with Crippen LogP contribution in [0.1, 0.15) is 22.8 Å². The second-order valence-corrected chi connectivity index (χ2v) is 4.49. The Balaban J connectivity index is 1.95. The molecule has 0 saturated heterocycles. The predicted molar refractivity (Wildman–Crippen MR) is 82.6 cm³/mol. The van der Waals surface area contributed by atoms with Crippen molar-refractivity contribution in [2.45, 2.75) is 13.5 Å². The number of hydrogen-bond donors (Lipinski definition) is 2. The lowest BCUT2D eigenvalue weighted by Gasteiger charge is -2.08. The highest BCUT2D eigenvalue weighted by atomic mass is 16.5. The summed E-state index contributed by atoms with van der Waals surface area (Å²) >= 11 is 0. The molecule has 0 unspecified atom stereocenters. The van der Waals surface area contributed by atoms with Crippen LogP contribution in [-0.2, 0) is 6.54 Å². The van der Waals surface area contributed by atoms with E-state index in [0.717, 1.165) is 17.9 Å². The molecule has 0 spiro atoms. The molecule has 1 aromatic heterocycles. The Hall–Kier alpha value is -2.56. The topological polar surface area (TPSA) is 63.2 Å². The quantitative estimate of drug-likeness (QED) is 0.855. The maximum absolute atomic E-state index is 12.1. The number of nitrogens with one attached hydrogen (secondary N) is 2. The zero-order valence-electron chi connectivity index (χ0n) is 12.2. The van der Waals surface area contributed by atoms with E-state index < -0.39 is 0 Å². The molecule has 1 heterocycles. The van der Waals surface area contributed by atoms with E-state index in [9.17, 15) is 4.79 Å². The van der Waals surface area contributed by atoms with Crippen LogP contribution in [0.5, 0.6) is 5.75 Å². The minimum absolute atomic E-state index is 0.118. The minimum Gasteiger partial charge on any atom is -0.497 e. The first-order valence-electron chi connectivity index (χ1n) is 6.84. The predicted octanol–water partition coefficient (Wildman–Crippen LogP) is 2.45. The molecule has 5 nitrogen and oxygen atoms in total. The van der Waals surface area contributed by atoms with Gasteiger partial charge in [0.05, 0.1) is 7.11 Å². The lowest BCUT2D eigenvalue weighted by Crippen LogP contribution is -2.23. The summed E-state index contributed by atoms with van der Waals surface area (Å²) in [5.74, 6) is 1.39. The number of nitrogens with zero attached hydrogens (tertiary/aromatic N) is 1. The number of methoxy groups -OCH3 is 1. The number of carbonyl (C=O) groups excluding carboxylic acids is 1. The highest BCUT2D eigenvalue weighted by molar-refractivity contribution is 5.94. The molecule has 2 aromatic rings. The van der Waals surface area contributed by atoms with Gasteiger partial charge in [0.15, 0.2) is 0 Å². The van der Waals surface area contributed by atoms with Crippen LogP contribution in [0.3, 0.4) is 0 Å². The maximum atomic E-state index is 12.1. The second kappa shape index (κ2) is 7.28. The highest BCUT2D eigenvalue weighted by Gasteiger charge is 2.06. The van der Waals surface area contributed by atoms with E-state index in [0.29, 0.717) is 17.9 Å². The Morgan fingerprint density at radius 1 is 1.24 bits per heavy atom. The van der Waals surface area contributed by atoms with Crippen molar-refractivity contribution in [2.24, 2.45) is 0 Å². The first-order valence-corrected chi connectivity index (χ1v) is 6.84. The fourth-order valence-electron chi connectivity index (χ4n) is 1.88. The van der Waals surface area contributed by atoms with Crippen LogP contribution in [0.4, 0.5) is 5.82 Å². The molecule has 0 fully saturated rings. The largest absolute Gasteiger partial charge is 0.497 e. The Bertz CT molecular complexity index is 597. The molecular formula is C16H19N3O2. The van der Waals surface area contributed by atoms with Gasteiger partial charge in [-0.2, -0.15) is 0 Å². The summed E-state index contributed by atoms with van der Waals surface area (Å²) < 4.78 is 5.10. The van der Waals surface area contributed by atoms with Crippen molar-refractivity contribution in [1.82, 2.24) is 10.3 Å². The summed E-state index contributed by atoms with van der Waals surface area (Å²) in [6, 6.07) is 11.0. The number of hydrogen-bond acceptors (Lipinski definition) is 4. The van der Waals surface area contributed by atoms with Crippen LogP contribution in [0.25, 0.3) is 0 Å². The number of anilines is 1. The molecule has 0 aliphatic heterocycles. The zero-order chi connectivity index (χ0) is 15.1. The van der Waals surface area contributed by atoms with Gasteiger partial charge in [-0.05, 0) is 36.8 Å². The number of ether oxygens (including phenoxy) is 1. The number of amides is 1. The Labute approximate surface area is 124 Å². The molecule has 5 heteroatoms. The van der Waals surface area contributed by atoms with E-state index in [1.165, 1.54) is 0 Å². The van der Waals surface area contributed by atoms with Crippen molar-refractivity contribution < 1.29 is 9.53 Å². The van der Waals surface area contributed by atoms with Gasteiger partial charge in [-0.15, -0.1) is 0 Å². The molecule has 1 amide bonds. The fourth-order valence-corrected chi connectivity index (χ4v) is 1.88. The maximum Gasteiger partial charge on any atom is 0.251 e. The third-order valence-corrected chi connectivity index (χ3v) is 2.99. The Morgan fingerprint density at radius 2 is 2.00 bits per heavy atom. The fraction of sp³-hybridized carbons (Fsp3) is 0.250. The number of aromatic nitrogens is 1. The van der Waals surface area contributed by atoms with Crippen LogP contribution in [0, 0.1) is 0 Å². The van der Waals surface area contributed by atoms with Crippen LogP contribution < -0.4 is 15.4 Å². The summed E-state index contributed by atoms with van der Waals surface area (Å²) in [6.07, 6.45) is 1.63. The lowest BCUT2D eigenvalue weighted by molar-refractivity contribution is 0.0951. The molecule has 0 radical (unpaired) electrons. The molecule has 0 saturated carbocycles. The van der Waals surface area contributed by atoms with E-state index in [1.807, 2.05) is 31.2 Å². The summed E-state index contributed by atoms with van der Waals surface area (Å²) in [6.45, 7) is 3.23. The van der Waals surface area contributed by atoms with Gasteiger partial charge in [0.25, 0.3) is 5.91 Å². The molecule has 2 N–H and O–H groups in total. The molecular weight excluding hydrogens is 266 g/mol. The molecule has 2 rings (SSSR count). The van der Waals surface area contributed by atoms with E-state index in [4.69, 9.17) is 4.74 Å². The molecule has 0 aliphatic carbocycles. The zero-order valence-corrected chi connectivity index (χ0v) is 12.2. The van der Waals surface area contributed by atoms with Crippen LogP contribution in [0.2, 0.25) is 0 Å². The first kappa shape index (κ1) is 14.8. The summed E-state index contributed by atoms with van der Waals surface area (Å²) in [4.78, 5) is 16.3. The molecule has 0 aliphatic rings. The van der Waals surface area contributed by atoms with Crippen molar-refractivity contribution in [3.63, 3.8) is 0 Å². The SMILES string of the molecule is CCNc1cc(C(=O)NCc2ccc(OC)cc2)ccn1. The van der Waals surface area contributed by atoms with Gasteiger partial charge in [0.2, 0.25) is 0 Å². The molecule has 0 bridgehead atoms. The third-order valence-electron chi connectivity index (χ3n) is 2.99. The highest BCUT2D eigenvalue weighted by Crippen LogP contribution is 2.11. The van der Waals surface area contributed by atoms with Gasteiger partial charge in [-0.3, -0.25) is 4.79 Å². The molecule has 0 atom stereocenters. The number of pyridine rings is 1. The number of carbonyl (C=O) groups is 1. The Kier molecular flexibility index (Phi) is 5.15. The summed E-state index contributed by atoms with van der Waals surface area (Å²) in [5.41, 5.74) is 1.61. The van der Waals surface area contributed by atoms with Crippen LogP contribution in [-0.4, -0.2) is 24.5 Å². The normalized spacial score (nSPS) is 10.0. The molecule has 21 heavy (non-hydrogen) atoms. The third kappa shape index (κ3) is 4.21. The van der Waals surface area contributed by atoms with Gasteiger partial charge in [-0.25, -0.2) is 4.98 Å². The standard InChI is InChI=1S/C16H19N3O2/c1-3-17-15-10-13(8-9-18-15)16(20)19-11-12-4-6-14(21-2)7-5-12/h4-10H,3,11H2,1-2H3,(H,17,18)(H,19,20). The smallest absolute Gasteiger partial charge is 0.251 e. The van der Waals surface area contributed by atoms with E-state index in [-0.39, 0.29) is 5.91 Å². The number of benzene rings is 1. The molecule has 1 aromatic carbocycles. The monoisotopic (exact) mass is 285 g/mol. The van der Waals surface area contributed by atoms with Gasteiger partial charge < -0.3 is 15.4 Å². The molecule has 110 valence electrons. The van der Waals surface area contributed by atoms with Crippen molar-refractivity contribution in [3.8, 4) is 5.75 Å². The van der Waals surface area contributed by atoms with Gasteiger partial charge in [-0.1, -0.05) is 12.1 Å². The van der Waals surface area contributed by atoms with E-state index in [1.54, 1.807) is 25.4 Å². The first-order chi connectivity index (χ1) is 10.2. The lowest BCUT2D eigenvalue weighted by atomic mass is 10.2. The number of rotatable bonds is 6. The van der Waals surface area contributed by atoms with Crippen molar-refractivity contribution in [3.05, 3.63) is 53.7 Å². The average Bonchev–Trinajstić information content (AvgIpc) is 2.53. The van der Waals surface area contributed by atoms with Crippen molar-refractivity contribution >= 4 is 11.7 Å². The van der Waals surface area contributed by atoms with Crippen molar-refractivity contribution in [1.29, 1.82) is 0 Å². The van der Waals surface area contributed by atoms with Crippen LogP contribution in [0.15, 0.2) is 42.6 Å². The second-order valence-electron chi connectivity index (χ2n) is 4.49. The van der Waals surface area contributed by atoms with Gasteiger partial charge >= 0.3 is 0 Å². The minimum atomic E-state index is -0.118. The van der Waals surface area contributed by atoms with E-state index in [2.05, 4.69) is 15.6 Å². The van der Waals surface area contributed by atoms with Gasteiger partial charge in [0.1, 0.15) is 11.6 Å². The van der Waals surface area contributed by atoms with Crippen LogP contribution >= 0.6 is 0 Å². The summed E-state index contributed by atoms with van der Waals surface area (Å²) in [7, 11) is 1.63. The van der Waals surface area contributed by atoms with E-state index >= 15 is 0 Å². The summed E-state index contributed by atoms with van der Waals surface area (Å²) in [5, 5.41) is 5.97. The van der Waals surface area contributed by atoms with Crippen molar-refractivity contribution in [2.75, 3.05) is 19.0 Å².